The quantitative estimate of drug-likeness (QED) is 0.429. The van der Waals surface area contributed by atoms with Crippen LogP contribution in [-0.2, 0) is 0 Å². The number of hydrogen-bond donors (Lipinski definition) is 1. The number of thiol groups is 1. The third kappa shape index (κ3) is 1.87. The average Bonchev–Trinajstić information content (AvgIpc) is 2.04. The van der Waals surface area contributed by atoms with Crippen molar-refractivity contribution in [1.82, 2.24) is 0 Å². The first-order valence-corrected chi connectivity index (χ1v) is 5.92. The van der Waals surface area contributed by atoms with Gasteiger partial charge in [0.15, 0.2) is 0 Å². The monoisotopic (exact) mass is 188 g/mol. The van der Waals surface area contributed by atoms with E-state index in [9.17, 15) is 0 Å². The Balaban J connectivity index is 2.96. The molecule has 3 heteroatoms. The first-order chi connectivity index (χ1) is 4.88. The Morgan fingerprint density at radius 2 is 1.80 bits per heavy atom. The van der Waals surface area contributed by atoms with Crippen LogP contribution >= 0.6 is 34.2 Å². The summed E-state index contributed by atoms with van der Waals surface area (Å²) in [6, 6.07) is 8.24. The molecule has 0 unspecified atom stereocenters. The van der Waals surface area contributed by atoms with Gasteiger partial charge in [-0.2, -0.15) is 0 Å². The molecule has 0 bridgehead atoms. The molecule has 0 saturated carbocycles. The third-order valence-corrected chi connectivity index (χ3v) is 3.24. The Bertz CT molecular complexity index is 187. The van der Waals surface area contributed by atoms with Crippen LogP contribution in [0.3, 0.4) is 0 Å². The van der Waals surface area contributed by atoms with Gasteiger partial charge in [-0.15, -0.1) is 23.4 Å². The molecule has 0 saturated heterocycles. The van der Waals surface area contributed by atoms with Crippen molar-refractivity contribution in [3.05, 3.63) is 24.3 Å². The van der Waals surface area contributed by atoms with Crippen molar-refractivity contribution in [3.63, 3.8) is 0 Å². The zero-order chi connectivity index (χ0) is 7.40. The predicted octanol–water partition coefficient (Wildman–Crippen LogP) is 3.35. The highest BCUT2D eigenvalue weighted by molar-refractivity contribution is 8.68. The molecular weight excluding hydrogens is 180 g/mol. The van der Waals surface area contributed by atoms with E-state index in [0.29, 0.717) is 0 Å². The molecule has 54 valence electrons. The van der Waals surface area contributed by atoms with Gasteiger partial charge in [-0.05, 0) is 18.4 Å². The lowest BCUT2D eigenvalue weighted by Gasteiger charge is -2.00. The summed E-state index contributed by atoms with van der Waals surface area (Å²) in [4.78, 5) is 2.53. The second kappa shape index (κ2) is 4.21. The van der Waals surface area contributed by atoms with E-state index in [0.717, 1.165) is 0 Å². The molecule has 0 atom stereocenters. The summed E-state index contributed by atoms with van der Waals surface area (Å²) >= 11 is 5.89. The zero-order valence-corrected chi connectivity index (χ0v) is 8.10. The molecule has 0 aromatic heterocycles. The summed E-state index contributed by atoms with van der Waals surface area (Å²) in [5, 5.41) is 0. The van der Waals surface area contributed by atoms with Crippen LogP contribution in [0.5, 0.6) is 0 Å². The van der Waals surface area contributed by atoms with Crippen LogP contribution in [0.2, 0.25) is 0 Å². The molecule has 1 aromatic rings. The lowest BCUT2D eigenvalue weighted by atomic mass is 10.4. The lowest BCUT2D eigenvalue weighted by molar-refractivity contribution is 1.26. The number of rotatable bonds is 2. The van der Waals surface area contributed by atoms with Crippen molar-refractivity contribution >= 4 is 34.2 Å². The molecule has 0 radical (unpaired) electrons. The van der Waals surface area contributed by atoms with E-state index in [1.165, 1.54) is 20.6 Å². The minimum atomic E-state index is 1.23. The first-order valence-electron chi connectivity index (χ1n) is 2.83. The molecule has 0 nitrogen and oxygen atoms in total. The highest BCUT2D eigenvalue weighted by Gasteiger charge is 1.96. The minimum absolute atomic E-state index is 1.23. The summed E-state index contributed by atoms with van der Waals surface area (Å²) in [5.74, 6) is 0. The van der Waals surface area contributed by atoms with Gasteiger partial charge in [0.25, 0.3) is 0 Å². The summed E-state index contributed by atoms with van der Waals surface area (Å²) in [6.07, 6.45) is 2.07. The first kappa shape index (κ1) is 8.37. The van der Waals surface area contributed by atoms with Gasteiger partial charge in [0.2, 0.25) is 0 Å². The Labute approximate surface area is 74.6 Å². The van der Waals surface area contributed by atoms with Crippen molar-refractivity contribution in [2.75, 3.05) is 6.26 Å². The maximum atomic E-state index is 4.14. The maximum Gasteiger partial charge on any atom is 0.0316 e. The molecule has 0 fully saturated rings. The fourth-order valence-corrected chi connectivity index (χ4v) is 2.51. The van der Waals surface area contributed by atoms with E-state index >= 15 is 0 Å². The Hall–Kier alpha value is 0.270. The Kier molecular flexibility index (Phi) is 3.52. The molecule has 0 aliphatic carbocycles. The Morgan fingerprint density at radius 3 is 2.20 bits per heavy atom. The fraction of sp³-hybridized carbons (Fsp3) is 0.143. The minimum Gasteiger partial charge on any atom is -0.128 e. The predicted molar refractivity (Wildman–Crippen MR) is 53.1 cm³/mol. The smallest absolute Gasteiger partial charge is 0.0316 e. The average molecular weight is 188 g/mol. The zero-order valence-electron chi connectivity index (χ0n) is 5.57. The molecule has 0 heterocycles. The molecule has 0 spiro atoms. The largest absolute Gasteiger partial charge is 0.128 e. The topological polar surface area (TPSA) is 0 Å². The molecule has 10 heavy (non-hydrogen) atoms. The van der Waals surface area contributed by atoms with Gasteiger partial charge in [-0.1, -0.05) is 22.9 Å². The van der Waals surface area contributed by atoms with E-state index in [1.54, 1.807) is 11.8 Å². The van der Waals surface area contributed by atoms with Gasteiger partial charge in [0.1, 0.15) is 0 Å². The van der Waals surface area contributed by atoms with Gasteiger partial charge in [0, 0.05) is 9.79 Å². The molecule has 0 aliphatic heterocycles. The summed E-state index contributed by atoms with van der Waals surface area (Å²) in [7, 11) is 1.49. The van der Waals surface area contributed by atoms with Crippen LogP contribution < -0.4 is 0 Å². The van der Waals surface area contributed by atoms with Gasteiger partial charge < -0.3 is 0 Å². The standard InChI is InChI=1S/C7H8S3/c1-9-6-4-2-3-5-7(6)10-8/h2-5,8H,1H3. The number of hydrogen-bond acceptors (Lipinski definition) is 3. The van der Waals surface area contributed by atoms with E-state index in [-0.39, 0.29) is 0 Å². The van der Waals surface area contributed by atoms with Gasteiger partial charge in [-0.3, -0.25) is 0 Å². The maximum absolute atomic E-state index is 4.14. The molecular formula is C7H8S3. The highest BCUT2D eigenvalue weighted by Crippen LogP contribution is 2.30. The van der Waals surface area contributed by atoms with Crippen LogP contribution in [0.1, 0.15) is 0 Å². The third-order valence-electron chi connectivity index (χ3n) is 1.17. The lowest BCUT2D eigenvalue weighted by Crippen LogP contribution is -1.71. The molecule has 0 amide bonds. The van der Waals surface area contributed by atoms with Crippen LogP contribution in [-0.4, -0.2) is 6.26 Å². The summed E-state index contributed by atoms with van der Waals surface area (Å²) in [5.41, 5.74) is 0. The second-order valence-corrected chi connectivity index (χ2v) is 3.76. The van der Waals surface area contributed by atoms with Crippen molar-refractivity contribution < 1.29 is 0 Å². The van der Waals surface area contributed by atoms with Crippen molar-refractivity contribution in [3.8, 4) is 0 Å². The van der Waals surface area contributed by atoms with Crippen LogP contribution in [0.4, 0.5) is 0 Å². The summed E-state index contributed by atoms with van der Waals surface area (Å²) < 4.78 is 0. The normalized spacial score (nSPS) is 9.80. The van der Waals surface area contributed by atoms with Crippen molar-refractivity contribution in [2.24, 2.45) is 0 Å². The second-order valence-electron chi connectivity index (χ2n) is 1.74. The van der Waals surface area contributed by atoms with Gasteiger partial charge >= 0.3 is 0 Å². The van der Waals surface area contributed by atoms with E-state index in [2.05, 4.69) is 30.0 Å². The van der Waals surface area contributed by atoms with E-state index < -0.39 is 0 Å². The molecule has 0 aliphatic rings. The van der Waals surface area contributed by atoms with Crippen molar-refractivity contribution in [1.29, 1.82) is 0 Å². The van der Waals surface area contributed by atoms with Crippen LogP contribution in [0.25, 0.3) is 0 Å². The highest BCUT2D eigenvalue weighted by atomic mass is 33.1. The fourth-order valence-electron chi connectivity index (χ4n) is 0.694. The van der Waals surface area contributed by atoms with Gasteiger partial charge in [-0.25, -0.2) is 0 Å². The Morgan fingerprint density at radius 1 is 1.20 bits per heavy atom. The van der Waals surface area contributed by atoms with Crippen molar-refractivity contribution in [2.45, 2.75) is 9.79 Å². The number of thioether (sulfide) groups is 1. The number of benzene rings is 1. The molecule has 0 N–H and O–H groups in total. The SMILES string of the molecule is CSc1ccccc1SS. The van der Waals surface area contributed by atoms with Crippen LogP contribution in [0, 0.1) is 0 Å². The van der Waals surface area contributed by atoms with E-state index in [1.807, 2.05) is 12.1 Å². The molecule has 1 aromatic carbocycles. The molecule has 1 rings (SSSR count). The van der Waals surface area contributed by atoms with E-state index in [4.69, 9.17) is 0 Å². The van der Waals surface area contributed by atoms with Gasteiger partial charge in [0.05, 0.1) is 0 Å². The summed E-state index contributed by atoms with van der Waals surface area (Å²) in [6.45, 7) is 0. The van der Waals surface area contributed by atoms with Crippen LogP contribution in [0.15, 0.2) is 34.1 Å².